The van der Waals surface area contributed by atoms with Gasteiger partial charge < -0.3 is 9.25 Å². The van der Waals surface area contributed by atoms with Gasteiger partial charge in [-0.1, -0.05) is 24.0 Å². The Kier molecular flexibility index (Phi) is 3.40. The van der Waals surface area contributed by atoms with Crippen LogP contribution >= 0.6 is 0 Å². The van der Waals surface area contributed by atoms with Gasteiger partial charge in [-0.2, -0.15) is 0 Å². The predicted octanol–water partition coefficient (Wildman–Crippen LogP) is 0.434. The fraction of sp³-hybridized carbons (Fsp3) is 0.500. The van der Waals surface area contributed by atoms with E-state index in [1.165, 1.54) is 26.0 Å². The Morgan fingerprint density at radius 1 is 1.38 bits per heavy atom. The average molecular weight is 292 g/mol. The number of aromatic amines is 1. The molecule has 21 heavy (non-hydrogen) atoms. The Morgan fingerprint density at radius 3 is 2.81 bits per heavy atom. The van der Waals surface area contributed by atoms with E-state index in [0.29, 0.717) is 16.7 Å². The van der Waals surface area contributed by atoms with Crippen molar-refractivity contribution in [1.29, 1.82) is 0 Å². The van der Waals surface area contributed by atoms with E-state index in [1.807, 2.05) is 0 Å². The highest BCUT2D eigenvalue weighted by Crippen LogP contribution is 2.34. The van der Waals surface area contributed by atoms with Crippen molar-refractivity contribution in [3.63, 3.8) is 0 Å². The second-order valence-electron chi connectivity index (χ2n) is 5.34. The maximum atomic E-state index is 12.3. The van der Waals surface area contributed by atoms with Crippen LogP contribution in [0.2, 0.25) is 0 Å². The Balaban J connectivity index is 2.10. The van der Waals surface area contributed by atoms with Crippen LogP contribution in [0, 0.1) is 5.92 Å². The van der Waals surface area contributed by atoms with Crippen molar-refractivity contribution in [2.24, 2.45) is 5.92 Å². The molecule has 3 rings (SSSR count). The number of H-pyrrole nitrogens is 1. The molecular formula is C14H16N2O5. The van der Waals surface area contributed by atoms with E-state index in [4.69, 9.17) is 9.25 Å². The third kappa shape index (κ3) is 2.63. The minimum absolute atomic E-state index is 0.0905. The van der Waals surface area contributed by atoms with Crippen LogP contribution in [0.1, 0.15) is 31.2 Å². The highest BCUT2D eigenvalue weighted by molar-refractivity contribution is 5.75. The van der Waals surface area contributed by atoms with Crippen LogP contribution in [-0.2, 0) is 6.42 Å². The summed E-state index contributed by atoms with van der Waals surface area (Å²) in [6, 6.07) is 1.31. The quantitative estimate of drug-likeness (QED) is 0.862. The molecule has 1 fully saturated rings. The highest BCUT2D eigenvalue weighted by atomic mass is 16.7. The number of rotatable bonds is 5. The van der Waals surface area contributed by atoms with Crippen LogP contribution in [0.25, 0.3) is 11.1 Å². The van der Waals surface area contributed by atoms with Gasteiger partial charge in [-0.15, -0.1) is 0 Å². The third-order valence-electron chi connectivity index (χ3n) is 3.78. The maximum absolute atomic E-state index is 12.3. The summed E-state index contributed by atoms with van der Waals surface area (Å²) in [4.78, 5) is 42.6. The third-order valence-corrected chi connectivity index (χ3v) is 3.78. The van der Waals surface area contributed by atoms with E-state index in [0.717, 1.165) is 18.8 Å². The van der Waals surface area contributed by atoms with Crippen LogP contribution < -0.4 is 21.7 Å². The summed E-state index contributed by atoms with van der Waals surface area (Å²) in [5.41, 5.74) is -1.45. The lowest BCUT2D eigenvalue weighted by atomic mass is 10.1. The first kappa shape index (κ1) is 13.7. The molecule has 0 atom stereocenters. The second kappa shape index (κ2) is 5.23. The van der Waals surface area contributed by atoms with E-state index in [1.54, 1.807) is 0 Å². The number of aryl methyl sites for hydroxylation is 1. The maximum Gasteiger partial charge on any atom is 0.364 e. The van der Waals surface area contributed by atoms with Gasteiger partial charge in [0.25, 0.3) is 0 Å². The molecule has 1 aliphatic rings. The van der Waals surface area contributed by atoms with E-state index in [2.05, 4.69) is 4.98 Å². The van der Waals surface area contributed by atoms with Crippen molar-refractivity contribution < 1.29 is 9.25 Å². The molecule has 0 spiro atoms. The van der Waals surface area contributed by atoms with Crippen molar-refractivity contribution >= 4 is 11.1 Å². The monoisotopic (exact) mass is 292 g/mol. The Bertz CT molecular complexity index is 841. The molecule has 1 N–H and O–H groups in total. The van der Waals surface area contributed by atoms with Crippen molar-refractivity contribution in [2.45, 2.75) is 32.1 Å². The molecule has 112 valence electrons. The van der Waals surface area contributed by atoms with Crippen molar-refractivity contribution in [3.8, 4) is 0 Å². The lowest BCUT2D eigenvalue weighted by Crippen LogP contribution is -2.39. The smallest absolute Gasteiger partial charge is 0.364 e. The van der Waals surface area contributed by atoms with Crippen LogP contribution in [0.4, 0.5) is 0 Å². The molecule has 2 aromatic heterocycles. The minimum atomic E-state index is -0.770. The summed E-state index contributed by atoms with van der Waals surface area (Å²) < 4.78 is 5.54. The Labute approximate surface area is 119 Å². The van der Waals surface area contributed by atoms with Crippen LogP contribution in [0.15, 0.2) is 24.9 Å². The zero-order valence-corrected chi connectivity index (χ0v) is 11.7. The van der Waals surface area contributed by atoms with Gasteiger partial charge in [0.2, 0.25) is 5.71 Å². The minimum Gasteiger partial charge on any atom is -0.409 e. The first-order valence-corrected chi connectivity index (χ1v) is 6.96. The summed E-state index contributed by atoms with van der Waals surface area (Å²) in [5.74, 6) is 0.784. The number of nitrogens with one attached hydrogen (secondary N) is 1. The predicted molar refractivity (Wildman–Crippen MR) is 75.5 cm³/mol. The van der Waals surface area contributed by atoms with E-state index in [-0.39, 0.29) is 11.1 Å². The summed E-state index contributed by atoms with van der Waals surface area (Å²) >= 11 is 0. The molecule has 7 nitrogen and oxygen atoms in total. The van der Waals surface area contributed by atoms with Crippen LogP contribution in [-0.4, -0.2) is 16.8 Å². The van der Waals surface area contributed by atoms with Gasteiger partial charge in [0.1, 0.15) is 12.5 Å². The standard InChI is InChI=1S/C14H16N2O5/c1-20-16-13(18)11-9(4-2-3-8-5-6-8)7-10(17)21-12(11)15-14(16)19/h7-8H,2-6H2,1H3,(H,15,19). The van der Waals surface area contributed by atoms with E-state index < -0.39 is 16.9 Å². The molecule has 2 aromatic rings. The van der Waals surface area contributed by atoms with Gasteiger partial charge >= 0.3 is 16.9 Å². The number of hydrogen-bond acceptors (Lipinski definition) is 5. The molecule has 2 heterocycles. The first-order chi connectivity index (χ1) is 10.1. The van der Waals surface area contributed by atoms with Crippen LogP contribution in [0.5, 0.6) is 0 Å². The Hall–Kier alpha value is -2.31. The summed E-state index contributed by atoms with van der Waals surface area (Å²) in [5, 5.41) is 0.201. The molecule has 7 heteroatoms. The van der Waals surface area contributed by atoms with Gasteiger partial charge in [0.05, 0.1) is 0 Å². The molecule has 1 saturated carbocycles. The fourth-order valence-corrected chi connectivity index (χ4v) is 2.56. The molecule has 1 aliphatic carbocycles. The summed E-state index contributed by atoms with van der Waals surface area (Å²) in [7, 11) is 1.23. The first-order valence-electron chi connectivity index (χ1n) is 6.96. The largest absolute Gasteiger partial charge is 0.409 e. The molecule has 0 amide bonds. The Morgan fingerprint density at radius 2 is 2.14 bits per heavy atom. The van der Waals surface area contributed by atoms with Crippen molar-refractivity contribution in [2.75, 3.05) is 7.11 Å². The molecular weight excluding hydrogens is 276 g/mol. The van der Waals surface area contributed by atoms with Gasteiger partial charge in [0, 0.05) is 6.07 Å². The van der Waals surface area contributed by atoms with E-state index >= 15 is 0 Å². The molecule has 0 saturated heterocycles. The lowest BCUT2D eigenvalue weighted by Gasteiger charge is -2.07. The number of nitrogens with zero attached hydrogens (tertiary/aromatic N) is 1. The van der Waals surface area contributed by atoms with E-state index in [9.17, 15) is 14.4 Å². The second-order valence-corrected chi connectivity index (χ2v) is 5.34. The van der Waals surface area contributed by atoms with Gasteiger partial charge in [-0.05, 0) is 24.3 Å². The number of hydrogen-bond donors (Lipinski definition) is 1. The normalized spacial score (nSPS) is 14.5. The fourth-order valence-electron chi connectivity index (χ4n) is 2.56. The molecule has 0 aromatic carbocycles. The van der Waals surface area contributed by atoms with Crippen molar-refractivity contribution in [3.05, 3.63) is 42.9 Å². The van der Waals surface area contributed by atoms with Gasteiger partial charge in [0.15, 0.2) is 0 Å². The zero-order chi connectivity index (χ0) is 15.0. The average Bonchev–Trinajstić information content (AvgIpc) is 3.22. The lowest BCUT2D eigenvalue weighted by molar-refractivity contribution is 0.145. The number of fused-ring (bicyclic) bond motifs is 1. The van der Waals surface area contributed by atoms with Crippen LogP contribution in [0.3, 0.4) is 0 Å². The summed E-state index contributed by atoms with van der Waals surface area (Å²) in [6.45, 7) is 0. The molecule has 0 unspecified atom stereocenters. The SMILES string of the molecule is COn1c(=O)[nH]c2oc(=O)cc(CCCC3CC3)c2c1=O. The zero-order valence-electron chi connectivity index (χ0n) is 11.7. The highest BCUT2D eigenvalue weighted by Gasteiger charge is 2.21. The van der Waals surface area contributed by atoms with Gasteiger partial charge in [-0.25, -0.2) is 9.59 Å². The molecule has 0 radical (unpaired) electrons. The molecule has 0 bridgehead atoms. The number of aromatic nitrogens is 2. The topological polar surface area (TPSA) is 94.3 Å². The summed E-state index contributed by atoms with van der Waals surface area (Å²) in [6.07, 6.45) is 5.12. The van der Waals surface area contributed by atoms with Crippen molar-refractivity contribution in [1.82, 2.24) is 9.71 Å². The van der Waals surface area contributed by atoms with Gasteiger partial charge in [-0.3, -0.25) is 9.78 Å². The molecule has 0 aliphatic heterocycles.